The molecule has 0 saturated carbocycles. The molecule has 8 heteroatoms. The molecule has 0 amide bonds. The lowest BCUT2D eigenvalue weighted by atomic mass is 10.2. The maximum atomic E-state index is 12.8. The number of aryl methyl sites for hydroxylation is 1. The molecule has 0 bridgehead atoms. The quantitative estimate of drug-likeness (QED) is 0.569. The van der Waals surface area contributed by atoms with Crippen molar-refractivity contribution in [2.75, 3.05) is 0 Å². The Balaban J connectivity index is 2.12. The van der Waals surface area contributed by atoms with Gasteiger partial charge in [-0.25, -0.2) is 14.2 Å². The Morgan fingerprint density at radius 3 is 2.77 bits per heavy atom. The van der Waals surface area contributed by atoms with Gasteiger partial charge in [-0.3, -0.25) is 9.67 Å². The predicted octanol–water partition coefficient (Wildman–Crippen LogP) is 1.49. The first-order valence-electron chi connectivity index (χ1n) is 6.71. The SMILES string of the molecule is Cn1cnc2c1c1n[nH]c(=S)n1c(=O)n2Cc1ccccc1. The molecule has 3 heterocycles. The van der Waals surface area contributed by atoms with Crippen LogP contribution in [-0.4, -0.2) is 28.7 Å². The third-order valence-corrected chi connectivity index (χ3v) is 3.94. The van der Waals surface area contributed by atoms with Crippen LogP contribution in [0.25, 0.3) is 16.8 Å². The third-order valence-electron chi connectivity index (χ3n) is 3.66. The molecule has 0 fully saturated rings. The molecule has 0 atom stereocenters. The first-order valence-corrected chi connectivity index (χ1v) is 7.12. The van der Waals surface area contributed by atoms with Crippen molar-refractivity contribution in [3.8, 4) is 0 Å². The van der Waals surface area contributed by atoms with E-state index in [-0.39, 0.29) is 10.5 Å². The van der Waals surface area contributed by atoms with Crippen LogP contribution in [0.4, 0.5) is 0 Å². The van der Waals surface area contributed by atoms with E-state index in [4.69, 9.17) is 12.2 Å². The number of imidazole rings is 1. The molecule has 7 nitrogen and oxygen atoms in total. The highest BCUT2D eigenvalue weighted by Gasteiger charge is 2.16. The zero-order valence-corrected chi connectivity index (χ0v) is 12.5. The van der Waals surface area contributed by atoms with Crippen LogP contribution in [0.15, 0.2) is 41.5 Å². The van der Waals surface area contributed by atoms with Gasteiger partial charge in [-0.1, -0.05) is 30.3 Å². The van der Waals surface area contributed by atoms with E-state index in [1.165, 1.54) is 4.40 Å². The molecule has 3 aromatic heterocycles. The first kappa shape index (κ1) is 13.0. The fraction of sp³-hybridized carbons (Fsp3) is 0.143. The molecule has 0 radical (unpaired) electrons. The highest BCUT2D eigenvalue weighted by atomic mass is 32.1. The van der Waals surface area contributed by atoms with Crippen molar-refractivity contribution in [3.05, 3.63) is 57.5 Å². The van der Waals surface area contributed by atoms with Gasteiger partial charge < -0.3 is 4.57 Å². The second kappa shape index (κ2) is 4.63. The van der Waals surface area contributed by atoms with Gasteiger partial charge in [0.1, 0.15) is 5.52 Å². The Hall–Kier alpha value is -2.74. The maximum absolute atomic E-state index is 12.8. The smallest absolute Gasteiger partial charge is 0.329 e. The molecule has 110 valence electrons. The Morgan fingerprint density at radius 2 is 2.00 bits per heavy atom. The minimum absolute atomic E-state index is 0.246. The van der Waals surface area contributed by atoms with Gasteiger partial charge in [0, 0.05) is 7.05 Å². The van der Waals surface area contributed by atoms with E-state index < -0.39 is 0 Å². The van der Waals surface area contributed by atoms with Crippen LogP contribution < -0.4 is 5.69 Å². The molecule has 0 aliphatic carbocycles. The molecule has 1 N–H and O–H groups in total. The Morgan fingerprint density at radius 1 is 1.23 bits per heavy atom. The van der Waals surface area contributed by atoms with Crippen molar-refractivity contribution in [2.24, 2.45) is 7.05 Å². The summed E-state index contributed by atoms with van der Waals surface area (Å²) in [6.07, 6.45) is 1.67. The third kappa shape index (κ3) is 1.74. The molecule has 0 unspecified atom stereocenters. The minimum atomic E-state index is -0.246. The van der Waals surface area contributed by atoms with Crippen molar-refractivity contribution < 1.29 is 0 Å². The second-order valence-corrected chi connectivity index (χ2v) is 5.46. The monoisotopic (exact) mass is 312 g/mol. The molecule has 0 aliphatic heterocycles. The summed E-state index contributed by atoms with van der Waals surface area (Å²) in [5.41, 5.74) is 2.63. The molecule has 22 heavy (non-hydrogen) atoms. The normalized spacial score (nSPS) is 11.5. The van der Waals surface area contributed by atoms with Gasteiger partial charge >= 0.3 is 5.69 Å². The van der Waals surface area contributed by atoms with Crippen molar-refractivity contribution in [1.82, 2.24) is 28.7 Å². The van der Waals surface area contributed by atoms with Crippen molar-refractivity contribution in [3.63, 3.8) is 0 Å². The average Bonchev–Trinajstić information content (AvgIpc) is 3.08. The molecule has 4 rings (SSSR count). The lowest BCUT2D eigenvalue weighted by molar-refractivity contribution is 0.735. The minimum Gasteiger partial charge on any atom is -0.329 e. The largest absolute Gasteiger partial charge is 0.338 e. The summed E-state index contributed by atoms with van der Waals surface area (Å²) < 4.78 is 5.14. The maximum Gasteiger partial charge on any atom is 0.338 e. The number of nitrogens with one attached hydrogen (secondary N) is 1. The second-order valence-electron chi connectivity index (χ2n) is 5.07. The molecule has 1 aromatic carbocycles. The number of benzene rings is 1. The summed E-state index contributed by atoms with van der Waals surface area (Å²) in [6.45, 7) is 0.427. The number of fused-ring (bicyclic) bond motifs is 3. The highest BCUT2D eigenvalue weighted by molar-refractivity contribution is 7.71. The predicted molar refractivity (Wildman–Crippen MR) is 84.5 cm³/mol. The van der Waals surface area contributed by atoms with E-state index in [1.54, 1.807) is 10.9 Å². The number of hydrogen-bond donors (Lipinski definition) is 1. The highest BCUT2D eigenvalue weighted by Crippen LogP contribution is 2.16. The van der Waals surface area contributed by atoms with E-state index in [0.29, 0.717) is 17.8 Å². The van der Waals surface area contributed by atoms with E-state index in [0.717, 1.165) is 11.1 Å². The number of nitrogens with zero attached hydrogens (tertiary/aromatic N) is 5. The van der Waals surface area contributed by atoms with E-state index in [9.17, 15) is 4.79 Å². The van der Waals surface area contributed by atoms with Gasteiger partial charge in [0.25, 0.3) is 0 Å². The average molecular weight is 312 g/mol. The summed E-state index contributed by atoms with van der Waals surface area (Å²) in [4.78, 5) is 17.1. The zero-order valence-electron chi connectivity index (χ0n) is 11.7. The van der Waals surface area contributed by atoms with Crippen LogP contribution in [0.1, 0.15) is 5.56 Å². The number of aromatic amines is 1. The van der Waals surface area contributed by atoms with Crippen LogP contribution in [0.2, 0.25) is 0 Å². The number of aromatic nitrogens is 6. The van der Waals surface area contributed by atoms with E-state index in [1.807, 2.05) is 41.9 Å². The summed E-state index contributed by atoms with van der Waals surface area (Å²) in [5, 5.41) is 6.84. The number of H-pyrrole nitrogens is 1. The zero-order chi connectivity index (χ0) is 15.3. The Labute approximate surface area is 129 Å². The van der Waals surface area contributed by atoms with Crippen molar-refractivity contribution >= 4 is 29.0 Å². The first-order chi connectivity index (χ1) is 10.7. The number of rotatable bonds is 2. The van der Waals surface area contributed by atoms with Gasteiger partial charge in [-0.15, -0.1) is 0 Å². The van der Waals surface area contributed by atoms with Gasteiger partial charge in [-0.05, 0) is 17.8 Å². The van der Waals surface area contributed by atoms with Crippen LogP contribution >= 0.6 is 12.2 Å². The van der Waals surface area contributed by atoms with Crippen LogP contribution in [0.5, 0.6) is 0 Å². The lowest BCUT2D eigenvalue weighted by Gasteiger charge is -2.08. The standard InChI is InChI=1S/C14H12N6OS/c1-18-8-15-11-10(18)12-16-17-13(22)20(12)14(21)19(11)7-9-5-3-2-4-6-9/h2-6,8H,7H2,1H3,(H,17,22). The number of hydrogen-bond acceptors (Lipinski definition) is 4. The van der Waals surface area contributed by atoms with Crippen LogP contribution in [0.3, 0.4) is 0 Å². The fourth-order valence-corrected chi connectivity index (χ4v) is 2.84. The molecule has 0 spiro atoms. The van der Waals surface area contributed by atoms with Gasteiger partial charge in [-0.2, -0.15) is 5.10 Å². The molecule has 4 aromatic rings. The fourth-order valence-electron chi connectivity index (χ4n) is 2.63. The van der Waals surface area contributed by atoms with Crippen LogP contribution in [-0.2, 0) is 13.6 Å². The Kier molecular flexibility index (Phi) is 2.73. The van der Waals surface area contributed by atoms with Gasteiger partial charge in [0.15, 0.2) is 11.3 Å². The summed E-state index contributed by atoms with van der Waals surface area (Å²) in [6, 6.07) is 9.77. The van der Waals surface area contributed by atoms with Gasteiger partial charge in [0.2, 0.25) is 4.77 Å². The topological polar surface area (TPSA) is 72.9 Å². The van der Waals surface area contributed by atoms with Crippen molar-refractivity contribution in [1.29, 1.82) is 0 Å². The van der Waals surface area contributed by atoms with Gasteiger partial charge in [0.05, 0.1) is 12.9 Å². The molecular formula is C14H12N6OS. The molecule has 0 saturated heterocycles. The Bertz CT molecular complexity index is 1100. The molecular weight excluding hydrogens is 300 g/mol. The van der Waals surface area contributed by atoms with E-state index in [2.05, 4.69) is 15.2 Å². The molecule has 0 aliphatic rings. The van der Waals surface area contributed by atoms with Crippen molar-refractivity contribution in [2.45, 2.75) is 6.54 Å². The summed E-state index contributed by atoms with van der Waals surface area (Å²) in [5.74, 6) is 0. The van der Waals surface area contributed by atoms with Crippen LogP contribution in [0, 0.1) is 4.77 Å². The van der Waals surface area contributed by atoms with E-state index >= 15 is 0 Å². The summed E-state index contributed by atoms with van der Waals surface area (Å²) in [7, 11) is 1.87. The lowest BCUT2D eigenvalue weighted by Crippen LogP contribution is -2.28. The summed E-state index contributed by atoms with van der Waals surface area (Å²) >= 11 is 5.18.